The lowest BCUT2D eigenvalue weighted by Gasteiger charge is -2.35. The van der Waals surface area contributed by atoms with Crippen LogP contribution >= 0.6 is 15.9 Å². The minimum atomic E-state index is -0.498. The van der Waals surface area contributed by atoms with Crippen molar-refractivity contribution in [2.75, 3.05) is 4.90 Å². The second-order valence-electron chi connectivity index (χ2n) is 29.8. The first-order valence-electron chi connectivity index (χ1n) is 39.5. The number of nitrogens with zero attached hydrogens (tertiary/aromatic N) is 3. The Kier molecular flexibility index (Phi) is 18.3. The van der Waals surface area contributed by atoms with E-state index in [4.69, 9.17) is 0 Å². The van der Waals surface area contributed by atoms with Crippen LogP contribution in [-0.4, -0.2) is 9.13 Å². The number of hydrogen-bond acceptors (Lipinski definition) is 1. The van der Waals surface area contributed by atoms with Crippen molar-refractivity contribution in [3.05, 3.63) is 527 Å². The Bertz CT molecular complexity index is 6820. The van der Waals surface area contributed by atoms with E-state index in [0.29, 0.717) is 0 Å². The van der Waals surface area contributed by atoms with Gasteiger partial charge in [0.05, 0.1) is 44.7 Å². The third-order valence-corrected chi connectivity index (χ3v) is 24.1. The number of halogens is 1. The zero-order valence-electron chi connectivity index (χ0n) is 63.2. The van der Waals surface area contributed by atoms with E-state index >= 15 is 0 Å². The number of benzene rings is 17. The number of fused-ring (bicyclic) bond motifs is 12. The van der Waals surface area contributed by atoms with Gasteiger partial charge in [-0.1, -0.05) is 358 Å². The molecule has 4 heteroatoms. The highest BCUT2D eigenvalue weighted by Gasteiger charge is 2.48. The fourth-order valence-electron chi connectivity index (χ4n) is 18.6. The van der Waals surface area contributed by atoms with E-state index in [9.17, 15) is 0 Å². The van der Waals surface area contributed by atoms with Gasteiger partial charge >= 0.3 is 0 Å². The molecular formula is C111H77BrN3+. The van der Waals surface area contributed by atoms with Gasteiger partial charge in [-0.25, -0.2) is 0 Å². The smallest absolute Gasteiger partial charge is 0.137 e. The Labute approximate surface area is 680 Å². The van der Waals surface area contributed by atoms with E-state index in [-0.39, 0.29) is 5.41 Å². The summed E-state index contributed by atoms with van der Waals surface area (Å²) in [6.45, 7) is 0. The molecule has 3 aliphatic carbocycles. The van der Waals surface area contributed by atoms with E-state index < -0.39 is 5.41 Å². The fraction of sp³-hybridized carbons (Fsp3) is 0.0270. The van der Waals surface area contributed by atoms with Crippen molar-refractivity contribution in [2.24, 2.45) is 0 Å². The normalized spacial score (nSPS) is 13.1. The van der Waals surface area contributed by atoms with E-state index in [0.717, 1.165) is 44.8 Å². The van der Waals surface area contributed by atoms with E-state index in [1.54, 1.807) is 0 Å². The zero-order valence-corrected chi connectivity index (χ0v) is 64.8. The minimum absolute atomic E-state index is 0.318. The summed E-state index contributed by atoms with van der Waals surface area (Å²) in [5, 5.41) is 5.04. The fourth-order valence-corrected chi connectivity index (χ4v) is 19.0. The molecule has 3 aliphatic rings. The van der Waals surface area contributed by atoms with Gasteiger partial charge in [0.25, 0.3) is 0 Å². The molecule has 0 atom stereocenters. The number of anilines is 3. The van der Waals surface area contributed by atoms with Crippen LogP contribution in [0.4, 0.5) is 17.1 Å². The van der Waals surface area contributed by atoms with Gasteiger partial charge in [-0.05, 0) is 169 Å². The Hall–Kier alpha value is -14.3. The second kappa shape index (κ2) is 30.1. The Morgan fingerprint density at radius 2 is 0.670 bits per heavy atom. The van der Waals surface area contributed by atoms with Gasteiger partial charge in [0.15, 0.2) is 0 Å². The van der Waals surface area contributed by atoms with Crippen LogP contribution in [0.1, 0.15) is 61.2 Å². The maximum Gasteiger partial charge on any atom is 0.137 e. The minimum Gasteiger partial charge on any atom is -0.310 e. The number of para-hydroxylation sites is 6. The summed E-state index contributed by atoms with van der Waals surface area (Å²) in [6.07, 6.45) is 10.1. The second-order valence-corrected chi connectivity index (χ2v) is 30.6. The molecule has 0 N–H and O–H groups in total. The first kappa shape index (κ1) is 69.9. The van der Waals surface area contributed by atoms with Crippen LogP contribution in [0.2, 0.25) is 0 Å². The lowest BCUT2D eigenvalue weighted by atomic mass is 9.67. The van der Waals surface area contributed by atoms with Crippen LogP contribution in [0.5, 0.6) is 0 Å². The van der Waals surface area contributed by atoms with Crippen molar-refractivity contribution in [1.82, 2.24) is 9.13 Å². The number of aromatic nitrogens is 2. The Morgan fingerprint density at radius 3 is 1.18 bits per heavy atom. The first-order valence-corrected chi connectivity index (χ1v) is 40.3. The van der Waals surface area contributed by atoms with Gasteiger partial charge in [0.1, 0.15) is 22.2 Å². The highest BCUT2D eigenvalue weighted by molar-refractivity contribution is 9.12. The molecule has 542 valence electrons. The quantitative estimate of drug-likeness (QED) is 0.105. The molecule has 0 bridgehead atoms. The molecule has 17 aromatic carbocycles. The molecule has 0 amide bonds. The van der Waals surface area contributed by atoms with Crippen LogP contribution in [-0.2, 0) is 17.3 Å². The molecule has 19 aromatic rings. The average Bonchev–Trinajstić information content (AvgIpc) is 1.55. The van der Waals surface area contributed by atoms with Crippen molar-refractivity contribution in [2.45, 2.75) is 17.3 Å². The van der Waals surface area contributed by atoms with E-state index in [2.05, 4.69) is 479 Å². The third-order valence-electron chi connectivity index (χ3n) is 23.4. The van der Waals surface area contributed by atoms with Crippen molar-refractivity contribution >= 4 is 82.2 Å². The molecule has 3 nitrogen and oxygen atoms in total. The molecule has 2 heterocycles. The van der Waals surface area contributed by atoms with Crippen molar-refractivity contribution < 1.29 is 0 Å². The van der Waals surface area contributed by atoms with Crippen LogP contribution < -0.4 is 4.90 Å². The number of hydrogen-bond donors (Lipinski definition) is 0. The summed E-state index contributed by atoms with van der Waals surface area (Å²) in [5.41, 5.74) is 32.8. The molecule has 0 fully saturated rings. The largest absolute Gasteiger partial charge is 0.310 e. The molecule has 22 rings (SSSR count). The van der Waals surface area contributed by atoms with Crippen LogP contribution in [0.25, 0.3) is 93.9 Å². The summed E-state index contributed by atoms with van der Waals surface area (Å²) in [4.78, 5) is 2.44. The molecule has 2 aromatic heterocycles. The van der Waals surface area contributed by atoms with Gasteiger partial charge in [0.2, 0.25) is 0 Å². The van der Waals surface area contributed by atoms with Crippen LogP contribution in [0, 0.1) is 6.08 Å². The maximum absolute atomic E-state index is 3.66. The van der Waals surface area contributed by atoms with Crippen LogP contribution in [0.3, 0.4) is 0 Å². The van der Waals surface area contributed by atoms with Gasteiger partial charge in [0, 0.05) is 77.4 Å². The number of allylic oxidation sites excluding steroid dienone is 6. The van der Waals surface area contributed by atoms with Crippen LogP contribution in [0.15, 0.2) is 459 Å². The lowest BCUT2D eigenvalue weighted by molar-refractivity contribution is 0.767. The molecule has 0 radical (unpaired) electrons. The van der Waals surface area contributed by atoms with Gasteiger partial charge < -0.3 is 14.0 Å². The monoisotopic (exact) mass is 1530 g/mol. The molecule has 0 aliphatic heterocycles. The van der Waals surface area contributed by atoms with Crippen molar-refractivity contribution in [3.63, 3.8) is 0 Å². The van der Waals surface area contributed by atoms with Gasteiger partial charge in [-0.15, -0.1) is 0 Å². The van der Waals surface area contributed by atoms with Gasteiger partial charge in [-0.2, -0.15) is 0 Å². The molecule has 0 unspecified atom stereocenters. The lowest BCUT2D eigenvalue weighted by Crippen LogP contribution is -2.28. The predicted octanol–water partition coefficient (Wildman–Crippen LogP) is 28.7. The molecular weight excluding hydrogens is 1460 g/mol. The van der Waals surface area contributed by atoms with E-state index in [1.807, 2.05) is 12.2 Å². The predicted molar refractivity (Wildman–Crippen MR) is 485 cm³/mol. The highest BCUT2D eigenvalue weighted by Crippen LogP contribution is 2.59. The first-order chi connectivity index (χ1) is 57.0. The topological polar surface area (TPSA) is 13.1 Å². The Balaban J connectivity index is 0.000000124. The van der Waals surface area contributed by atoms with Crippen molar-refractivity contribution in [3.8, 4) is 44.8 Å². The maximum atomic E-state index is 3.66. The molecule has 115 heavy (non-hydrogen) atoms. The zero-order chi connectivity index (χ0) is 76.7. The average molecular weight is 1530 g/mol. The SMILES string of the molecule is BrC1=C(c2ccc3c4ccccc4n(-c4ccccc4)c3c2)C=C[C+]=C1.c1ccc(Cc2ccc3c(c2)C(c2ccccc2)(c2ccccc2)c2ccccc2-3)cc1.c1ccc(N(c2ccc3c(c2)C(c2ccccc2)(c2ccccc2)c2ccccc2-3)c2ccccc2-c2ccc3c4ccccc4n(-c4ccccc4)c3c2)cc1. The summed E-state index contributed by atoms with van der Waals surface area (Å²) in [6, 6.07) is 159. The standard InChI is InChI=1S/C55H38N2.C32H24.C24H15BrN/c1-5-19-40(20-6-1)55(41-21-7-2-8-22-41)50-30-16-13-28-46(50)47-36-34-44(38-51(47)55)56(42-23-9-3-10-24-42)52-31-17-14-27-45(52)39-33-35-49-48-29-15-18-32-53(48)57(54(49)37-39)43-25-11-4-12-26-43;1-4-12-24(13-5-1)22-25-20-21-29-28-18-10-11-19-30(28)32(31(29)23-25,26-14-6-2-7-15-26)27-16-8-3-9-17-27;25-22-12-6-4-10-19(22)17-14-15-21-20-11-5-7-13-23(20)26(24(21)16-17)18-8-2-1-3-9-18/h1-38H;1-21,23H,22H2;1-5,7-16H/q;;+1. The van der Waals surface area contributed by atoms with Crippen molar-refractivity contribution in [1.29, 1.82) is 0 Å². The van der Waals surface area contributed by atoms with E-state index in [1.165, 1.54) is 138 Å². The summed E-state index contributed by atoms with van der Waals surface area (Å²) in [5.74, 6) is 0. The number of rotatable bonds is 13. The summed E-state index contributed by atoms with van der Waals surface area (Å²) in [7, 11) is 0. The summed E-state index contributed by atoms with van der Waals surface area (Å²) >= 11 is 3.66. The van der Waals surface area contributed by atoms with Gasteiger partial charge in [-0.3, -0.25) is 0 Å². The third kappa shape index (κ3) is 12.2. The molecule has 0 saturated carbocycles. The Morgan fingerprint density at radius 1 is 0.278 bits per heavy atom. The highest BCUT2D eigenvalue weighted by atomic mass is 79.9. The summed E-state index contributed by atoms with van der Waals surface area (Å²) < 4.78 is 5.80. The molecule has 0 spiro atoms. The molecule has 0 saturated heterocycles.